The summed E-state index contributed by atoms with van der Waals surface area (Å²) in [6.45, 7) is 0.956. The van der Waals surface area contributed by atoms with E-state index in [1.807, 2.05) is 0 Å². The first-order chi connectivity index (χ1) is 14.2. The number of aromatic nitrogens is 1. The maximum absolute atomic E-state index is 5.54. The molecule has 0 aliphatic heterocycles. The second kappa shape index (κ2) is 13.0. The number of halogens is 1. The second-order valence-corrected chi connectivity index (χ2v) is 11.8. The lowest BCUT2D eigenvalue weighted by molar-refractivity contribution is -0.696. The third-order valence-corrected chi connectivity index (χ3v) is 9.77. The molecule has 1 aromatic heterocycles. The van der Waals surface area contributed by atoms with E-state index in [0.29, 0.717) is 0 Å². The van der Waals surface area contributed by atoms with Crippen LogP contribution in [0, 0.1) is 0 Å². The molecule has 2 aliphatic rings. The third kappa shape index (κ3) is 6.67. The van der Waals surface area contributed by atoms with E-state index in [2.05, 4.69) is 34.0 Å². The summed E-state index contributed by atoms with van der Waals surface area (Å²) in [6.07, 6.45) is 19.4. The molecular weight excluding hydrogens is 416 g/mol. The highest BCUT2D eigenvalue weighted by molar-refractivity contribution is 6.60. The van der Waals surface area contributed by atoms with Gasteiger partial charge in [-0.1, -0.05) is 38.5 Å². The van der Waals surface area contributed by atoms with Crippen molar-refractivity contribution in [3.8, 4) is 0 Å². The molecule has 172 valence electrons. The first kappa shape index (κ1) is 25.6. The molecule has 2 aliphatic carbocycles. The Balaban J connectivity index is 0.00000320. The molecule has 0 unspecified atom stereocenters. The average Bonchev–Trinajstić information content (AvgIpc) is 2.80. The fourth-order valence-corrected chi connectivity index (χ4v) is 6.95. The van der Waals surface area contributed by atoms with Gasteiger partial charge in [-0.05, 0) is 25.7 Å². The first-order valence-corrected chi connectivity index (χ1v) is 13.6. The lowest BCUT2D eigenvalue weighted by Crippen LogP contribution is -3.00. The van der Waals surface area contributed by atoms with Crippen LogP contribution in [0.1, 0.15) is 70.6 Å². The summed E-state index contributed by atoms with van der Waals surface area (Å²) >= 11 is 0. The molecule has 1 aromatic rings. The molecule has 30 heavy (non-hydrogen) atoms. The SMILES string of the molecule is CO[Si](CCC[n+]1ccc(N(C2CCCCC2)C2CCCCC2)cc1)(OC)OC.[Cl-]. The van der Waals surface area contributed by atoms with E-state index in [1.165, 1.54) is 69.9 Å². The maximum atomic E-state index is 5.54. The zero-order valence-electron chi connectivity index (χ0n) is 19.2. The normalized spacial score (nSPS) is 18.8. The van der Waals surface area contributed by atoms with E-state index >= 15 is 0 Å². The van der Waals surface area contributed by atoms with Gasteiger partial charge in [-0.15, -0.1) is 0 Å². The van der Waals surface area contributed by atoms with Crippen molar-refractivity contribution in [1.29, 1.82) is 0 Å². The molecule has 0 spiro atoms. The van der Waals surface area contributed by atoms with Crippen LogP contribution in [0.5, 0.6) is 0 Å². The summed E-state index contributed by atoms with van der Waals surface area (Å²) in [6, 6.07) is 6.99. The Bertz CT molecular complexity index is 562. The molecule has 0 amide bonds. The summed E-state index contributed by atoms with van der Waals surface area (Å²) in [4.78, 5) is 2.81. The molecule has 1 heterocycles. The van der Waals surface area contributed by atoms with E-state index in [1.54, 1.807) is 21.3 Å². The molecule has 0 aromatic carbocycles. The lowest BCUT2D eigenvalue weighted by Gasteiger charge is -2.43. The van der Waals surface area contributed by atoms with Crippen molar-refractivity contribution in [2.75, 3.05) is 26.2 Å². The van der Waals surface area contributed by atoms with Crippen LogP contribution in [0.3, 0.4) is 0 Å². The summed E-state index contributed by atoms with van der Waals surface area (Å²) < 4.78 is 18.9. The minimum absolute atomic E-state index is 0. The monoisotopic (exact) mass is 456 g/mol. The average molecular weight is 457 g/mol. The summed E-state index contributed by atoms with van der Waals surface area (Å²) in [5.74, 6) is 0. The zero-order valence-corrected chi connectivity index (χ0v) is 20.9. The predicted molar refractivity (Wildman–Crippen MR) is 119 cm³/mol. The molecule has 2 saturated carbocycles. The maximum Gasteiger partial charge on any atom is 0.500 e. The number of nitrogens with zero attached hydrogens (tertiary/aromatic N) is 2. The highest BCUT2D eigenvalue weighted by atomic mass is 35.5. The third-order valence-electron chi connectivity index (χ3n) is 6.94. The summed E-state index contributed by atoms with van der Waals surface area (Å²) in [5.41, 5.74) is 1.43. The van der Waals surface area contributed by atoms with Gasteiger partial charge in [0.1, 0.15) is 6.54 Å². The minimum atomic E-state index is -2.47. The molecule has 0 radical (unpaired) electrons. The standard InChI is InChI=1S/C23H41N2O3Si.ClH/c1-26-29(27-2,28-3)20-10-17-24-18-15-23(16-19-24)25(21-11-6-4-7-12-21)22-13-8-5-9-14-22;/h15-16,18-19,21-22H,4-14,17,20H2,1-3H3;1H/q+1;/p-1. The quantitative estimate of drug-likeness (QED) is 0.396. The summed E-state index contributed by atoms with van der Waals surface area (Å²) in [7, 11) is 2.59. The molecule has 7 heteroatoms. The van der Waals surface area contributed by atoms with Gasteiger partial charge in [0.05, 0.1) is 0 Å². The van der Waals surface area contributed by atoms with Gasteiger partial charge in [0, 0.05) is 63.7 Å². The topological polar surface area (TPSA) is 34.8 Å². The second-order valence-electron chi connectivity index (χ2n) is 8.68. The molecule has 3 rings (SSSR count). The molecule has 2 fully saturated rings. The number of aryl methyl sites for hydroxylation is 1. The fraction of sp³-hybridized carbons (Fsp3) is 0.783. The van der Waals surface area contributed by atoms with Crippen molar-refractivity contribution in [1.82, 2.24) is 0 Å². The highest BCUT2D eigenvalue weighted by Crippen LogP contribution is 2.33. The van der Waals surface area contributed by atoms with Gasteiger partial charge in [-0.3, -0.25) is 0 Å². The minimum Gasteiger partial charge on any atom is -1.00 e. The predicted octanol–water partition coefficient (Wildman–Crippen LogP) is 1.72. The van der Waals surface area contributed by atoms with Crippen LogP contribution in [0.15, 0.2) is 24.5 Å². The Morgan fingerprint density at radius 3 is 1.73 bits per heavy atom. The molecule has 0 bridgehead atoms. The van der Waals surface area contributed by atoms with E-state index in [0.717, 1.165) is 31.1 Å². The van der Waals surface area contributed by atoms with Crippen LogP contribution in [-0.2, 0) is 19.8 Å². The summed E-state index contributed by atoms with van der Waals surface area (Å²) in [5, 5.41) is 0. The van der Waals surface area contributed by atoms with E-state index in [-0.39, 0.29) is 12.4 Å². The van der Waals surface area contributed by atoms with Gasteiger partial charge < -0.3 is 30.6 Å². The van der Waals surface area contributed by atoms with Crippen molar-refractivity contribution >= 4 is 14.5 Å². The van der Waals surface area contributed by atoms with Crippen molar-refractivity contribution in [3.63, 3.8) is 0 Å². The zero-order chi connectivity index (χ0) is 20.5. The fourth-order valence-electron chi connectivity index (χ4n) is 5.24. The van der Waals surface area contributed by atoms with E-state index in [4.69, 9.17) is 13.3 Å². The number of hydrogen-bond acceptors (Lipinski definition) is 4. The van der Waals surface area contributed by atoms with Crippen molar-refractivity contribution in [2.45, 2.75) is 95.3 Å². The van der Waals surface area contributed by atoms with Crippen molar-refractivity contribution in [2.24, 2.45) is 0 Å². The molecule has 0 saturated heterocycles. The molecule has 0 N–H and O–H groups in total. The number of pyridine rings is 1. The number of hydrogen-bond donors (Lipinski definition) is 0. The van der Waals surface area contributed by atoms with Crippen molar-refractivity contribution < 1.29 is 30.3 Å². The Labute approximate surface area is 190 Å². The van der Waals surface area contributed by atoms with Gasteiger partial charge in [0.15, 0.2) is 12.4 Å². The van der Waals surface area contributed by atoms with Crippen LogP contribution in [0.4, 0.5) is 5.69 Å². The van der Waals surface area contributed by atoms with Gasteiger partial charge in [-0.2, -0.15) is 0 Å². The van der Waals surface area contributed by atoms with Gasteiger partial charge >= 0.3 is 8.80 Å². The van der Waals surface area contributed by atoms with Crippen LogP contribution in [0.2, 0.25) is 6.04 Å². The number of anilines is 1. The van der Waals surface area contributed by atoms with Crippen LogP contribution >= 0.6 is 0 Å². The Morgan fingerprint density at radius 2 is 1.30 bits per heavy atom. The van der Waals surface area contributed by atoms with Gasteiger partial charge in [-0.25, -0.2) is 4.57 Å². The van der Waals surface area contributed by atoms with E-state index in [9.17, 15) is 0 Å². The molecule has 0 atom stereocenters. The number of rotatable bonds is 10. The van der Waals surface area contributed by atoms with Gasteiger partial charge in [0.25, 0.3) is 0 Å². The largest absolute Gasteiger partial charge is 1.00 e. The molecular formula is C23H41ClN2O3Si. The Morgan fingerprint density at radius 1 is 0.833 bits per heavy atom. The van der Waals surface area contributed by atoms with Crippen LogP contribution in [0.25, 0.3) is 0 Å². The van der Waals surface area contributed by atoms with Crippen LogP contribution < -0.4 is 21.9 Å². The van der Waals surface area contributed by atoms with Gasteiger partial charge in [0.2, 0.25) is 0 Å². The Kier molecular flexibility index (Phi) is 11.1. The first-order valence-electron chi connectivity index (χ1n) is 11.6. The smallest absolute Gasteiger partial charge is 0.500 e. The van der Waals surface area contributed by atoms with Crippen LogP contribution in [-0.4, -0.2) is 42.2 Å². The molecule has 5 nitrogen and oxygen atoms in total. The van der Waals surface area contributed by atoms with E-state index < -0.39 is 8.80 Å². The Hall–Kier alpha value is -0.663. The highest BCUT2D eigenvalue weighted by Gasteiger charge is 2.37. The van der Waals surface area contributed by atoms with Crippen molar-refractivity contribution in [3.05, 3.63) is 24.5 Å². The lowest BCUT2D eigenvalue weighted by atomic mass is 9.88.